The van der Waals surface area contributed by atoms with Gasteiger partial charge in [0, 0.05) is 12.0 Å². The topological polar surface area (TPSA) is 44.5 Å². The number of aryl methyl sites for hydroxylation is 1. The lowest BCUT2D eigenvalue weighted by molar-refractivity contribution is 0.140. The molecule has 1 aliphatic rings. The van der Waals surface area contributed by atoms with Crippen LogP contribution in [0.3, 0.4) is 0 Å². The summed E-state index contributed by atoms with van der Waals surface area (Å²) < 4.78 is 5.45. The summed E-state index contributed by atoms with van der Waals surface area (Å²) in [6.07, 6.45) is 6.71. The van der Waals surface area contributed by atoms with E-state index in [0.29, 0.717) is 11.6 Å². The molecule has 2 N–H and O–H groups in total. The molecule has 0 fully saturated rings. The van der Waals surface area contributed by atoms with E-state index in [-0.39, 0.29) is 0 Å². The summed E-state index contributed by atoms with van der Waals surface area (Å²) in [4.78, 5) is 4.71. The second-order valence-corrected chi connectivity index (χ2v) is 5.10. The molecule has 0 spiro atoms. The lowest BCUT2D eigenvalue weighted by Crippen LogP contribution is -2.09. The Kier molecular flexibility index (Phi) is 4.87. The van der Waals surface area contributed by atoms with Gasteiger partial charge in [0.25, 0.3) is 0 Å². The van der Waals surface area contributed by atoms with Gasteiger partial charge >= 0.3 is 0 Å². The lowest BCUT2D eigenvalue weighted by Gasteiger charge is -2.18. The van der Waals surface area contributed by atoms with E-state index in [0.717, 1.165) is 25.0 Å². The summed E-state index contributed by atoms with van der Waals surface area (Å²) in [7, 11) is 1.66. The molecule has 0 amide bonds. The number of methoxy groups -OCH3 is 1. The summed E-state index contributed by atoms with van der Waals surface area (Å²) in [6, 6.07) is 2.06. The van der Waals surface area contributed by atoms with Gasteiger partial charge in [0.2, 0.25) is 0 Å². The number of fused-ring (bicyclic) bond motifs is 1. The predicted molar refractivity (Wildman–Crippen MR) is 73.1 cm³/mol. The van der Waals surface area contributed by atoms with Crippen molar-refractivity contribution in [2.24, 2.45) is 5.90 Å². The van der Waals surface area contributed by atoms with E-state index in [2.05, 4.69) is 6.07 Å². The normalized spacial score (nSPS) is 15.1. The van der Waals surface area contributed by atoms with Gasteiger partial charge in [-0.25, -0.2) is 5.90 Å². The van der Waals surface area contributed by atoms with Gasteiger partial charge in [0.05, 0.1) is 18.7 Å². The molecule has 0 saturated carbocycles. The molecular weight excluding hydrogens is 250 g/mol. The van der Waals surface area contributed by atoms with Crippen LogP contribution in [0.2, 0.25) is 5.02 Å². The maximum atomic E-state index is 6.30. The van der Waals surface area contributed by atoms with E-state index in [9.17, 15) is 0 Å². The smallest absolute Gasteiger partial charge is 0.141 e. The van der Waals surface area contributed by atoms with Crippen molar-refractivity contribution in [3.05, 3.63) is 27.8 Å². The Morgan fingerprint density at radius 3 is 2.78 bits per heavy atom. The SMILES string of the molecule is COc1c(Cl)cc2c(c1CCON)CCCCC2. The zero-order chi connectivity index (χ0) is 13.0. The average Bonchev–Trinajstić information content (AvgIpc) is 2.60. The van der Waals surface area contributed by atoms with E-state index < -0.39 is 0 Å². The van der Waals surface area contributed by atoms with E-state index in [1.54, 1.807) is 7.11 Å². The van der Waals surface area contributed by atoms with Crippen molar-refractivity contribution in [2.75, 3.05) is 13.7 Å². The Bertz CT molecular complexity index is 421. The minimum atomic E-state index is 0.489. The van der Waals surface area contributed by atoms with Crippen molar-refractivity contribution in [2.45, 2.75) is 38.5 Å². The van der Waals surface area contributed by atoms with E-state index >= 15 is 0 Å². The second kappa shape index (κ2) is 6.41. The molecule has 18 heavy (non-hydrogen) atoms. The first kappa shape index (κ1) is 13.7. The third kappa shape index (κ3) is 2.79. The third-order valence-corrected chi connectivity index (χ3v) is 3.87. The van der Waals surface area contributed by atoms with Crippen LogP contribution in [-0.4, -0.2) is 13.7 Å². The zero-order valence-electron chi connectivity index (χ0n) is 10.8. The Labute approximate surface area is 113 Å². The van der Waals surface area contributed by atoms with Gasteiger partial charge in [-0.2, -0.15) is 0 Å². The van der Waals surface area contributed by atoms with Crippen LogP contribution in [0, 0.1) is 0 Å². The van der Waals surface area contributed by atoms with Crippen molar-refractivity contribution in [1.82, 2.24) is 0 Å². The van der Waals surface area contributed by atoms with Crippen LogP contribution in [0.25, 0.3) is 0 Å². The largest absolute Gasteiger partial charge is 0.495 e. The first-order chi connectivity index (χ1) is 8.77. The molecule has 0 aliphatic heterocycles. The number of halogens is 1. The summed E-state index contributed by atoms with van der Waals surface area (Å²) in [5.74, 6) is 5.93. The Morgan fingerprint density at radius 2 is 2.06 bits per heavy atom. The molecule has 0 unspecified atom stereocenters. The molecule has 0 saturated heterocycles. The number of nitrogens with two attached hydrogens (primary N) is 1. The van der Waals surface area contributed by atoms with Gasteiger partial charge in [-0.3, -0.25) is 0 Å². The Morgan fingerprint density at radius 1 is 1.28 bits per heavy atom. The van der Waals surface area contributed by atoms with Gasteiger partial charge in [0.15, 0.2) is 0 Å². The number of benzene rings is 1. The highest BCUT2D eigenvalue weighted by atomic mass is 35.5. The second-order valence-electron chi connectivity index (χ2n) is 4.69. The molecule has 0 bridgehead atoms. The lowest BCUT2D eigenvalue weighted by atomic mass is 9.94. The molecule has 1 aromatic rings. The first-order valence-electron chi connectivity index (χ1n) is 6.46. The maximum absolute atomic E-state index is 6.30. The van der Waals surface area contributed by atoms with Crippen LogP contribution < -0.4 is 10.6 Å². The van der Waals surface area contributed by atoms with Crippen LogP contribution >= 0.6 is 11.6 Å². The fraction of sp³-hybridized carbons (Fsp3) is 0.571. The molecule has 4 heteroatoms. The van der Waals surface area contributed by atoms with Crippen LogP contribution in [0.5, 0.6) is 5.75 Å². The number of rotatable bonds is 4. The van der Waals surface area contributed by atoms with E-state index in [1.807, 2.05) is 0 Å². The standard InChI is InChI=1S/C14H20ClNO2/c1-17-14-12(7-8-18-16)11-6-4-2-3-5-10(11)9-13(14)15/h9H,2-8,16H2,1H3. The number of ether oxygens (including phenoxy) is 1. The van der Waals surface area contributed by atoms with Crippen molar-refractivity contribution >= 4 is 11.6 Å². The highest BCUT2D eigenvalue weighted by Crippen LogP contribution is 2.37. The van der Waals surface area contributed by atoms with Gasteiger partial charge < -0.3 is 9.57 Å². The number of hydrogen-bond acceptors (Lipinski definition) is 3. The summed E-state index contributed by atoms with van der Waals surface area (Å²) in [6.45, 7) is 0.489. The average molecular weight is 270 g/mol. The predicted octanol–water partition coefficient (Wildman–Crippen LogP) is 3.05. The highest BCUT2D eigenvalue weighted by Gasteiger charge is 2.19. The van der Waals surface area contributed by atoms with E-state index in [1.165, 1.54) is 36.0 Å². The molecule has 2 rings (SSSR count). The fourth-order valence-corrected chi connectivity index (χ4v) is 3.08. The van der Waals surface area contributed by atoms with Crippen LogP contribution in [0.1, 0.15) is 36.0 Å². The summed E-state index contributed by atoms with van der Waals surface area (Å²) >= 11 is 6.30. The first-order valence-corrected chi connectivity index (χ1v) is 6.84. The van der Waals surface area contributed by atoms with Crippen molar-refractivity contribution < 1.29 is 9.57 Å². The minimum Gasteiger partial charge on any atom is -0.495 e. The molecule has 0 radical (unpaired) electrons. The number of hydrogen-bond donors (Lipinski definition) is 1. The molecule has 1 aliphatic carbocycles. The highest BCUT2D eigenvalue weighted by molar-refractivity contribution is 6.32. The van der Waals surface area contributed by atoms with Gasteiger partial charge in [-0.05, 0) is 42.9 Å². The van der Waals surface area contributed by atoms with Gasteiger partial charge in [0.1, 0.15) is 5.75 Å². The summed E-state index contributed by atoms with van der Waals surface area (Å²) in [5, 5.41) is 0.699. The molecule has 1 aromatic carbocycles. The van der Waals surface area contributed by atoms with Gasteiger partial charge in [-0.1, -0.05) is 18.0 Å². The zero-order valence-corrected chi connectivity index (χ0v) is 11.6. The maximum Gasteiger partial charge on any atom is 0.141 e. The van der Waals surface area contributed by atoms with Crippen molar-refractivity contribution in [3.8, 4) is 5.75 Å². The fourth-order valence-electron chi connectivity index (χ4n) is 2.76. The molecule has 0 heterocycles. The van der Waals surface area contributed by atoms with Crippen molar-refractivity contribution in [3.63, 3.8) is 0 Å². The van der Waals surface area contributed by atoms with Crippen LogP contribution in [0.15, 0.2) is 6.07 Å². The Hall–Kier alpha value is -0.770. The van der Waals surface area contributed by atoms with Gasteiger partial charge in [-0.15, -0.1) is 0 Å². The van der Waals surface area contributed by atoms with E-state index in [4.69, 9.17) is 27.1 Å². The molecule has 100 valence electrons. The molecular formula is C14H20ClNO2. The molecule has 0 atom stereocenters. The summed E-state index contributed by atoms with van der Waals surface area (Å²) in [5.41, 5.74) is 3.93. The molecule has 3 nitrogen and oxygen atoms in total. The van der Waals surface area contributed by atoms with Crippen LogP contribution in [-0.2, 0) is 24.1 Å². The van der Waals surface area contributed by atoms with Crippen LogP contribution in [0.4, 0.5) is 0 Å². The Balaban J connectivity index is 2.46. The minimum absolute atomic E-state index is 0.489. The monoisotopic (exact) mass is 269 g/mol. The molecule has 0 aromatic heterocycles. The quantitative estimate of drug-likeness (QED) is 0.675. The third-order valence-electron chi connectivity index (χ3n) is 3.59. The van der Waals surface area contributed by atoms with Crippen molar-refractivity contribution in [1.29, 1.82) is 0 Å².